The fourth-order valence-corrected chi connectivity index (χ4v) is 4.86. The minimum atomic E-state index is -0.794. The summed E-state index contributed by atoms with van der Waals surface area (Å²) in [6.45, 7) is 11.9. The quantitative estimate of drug-likeness (QED) is 0.524. The zero-order valence-electron chi connectivity index (χ0n) is 18.2. The zero-order chi connectivity index (χ0) is 21.7. The van der Waals surface area contributed by atoms with Crippen LogP contribution in [-0.2, 0) is 6.42 Å². The van der Waals surface area contributed by atoms with Crippen molar-refractivity contribution in [3.05, 3.63) is 35.7 Å². The first-order chi connectivity index (χ1) is 14.3. The van der Waals surface area contributed by atoms with Crippen molar-refractivity contribution in [3.8, 4) is 0 Å². The molecule has 2 N–H and O–H groups in total. The van der Waals surface area contributed by atoms with Gasteiger partial charge in [-0.25, -0.2) is 0 Å². The van der Waals surface area contributed by atoms with Crippen LogP contribution in [0.5, 0.6) is 0 Å². The zero-order valence-corrected chi connectivity index (χ0v) is 19.7. The number of halogens is 2. The van der Waals surface area contributed by atoms with Gasteiger partial charge >= 0.3 is 0 Å². The lowest BCUT2D eigenvalue weighted by Gasteiger charge is -2.33. The molecular formula is C23H39Cl2N5O. The summed E-state index contributed by atoms with van der Waals surface area (Å²) in [7, 11) is 4.23. The Morgan fingerprint density at radius 1 is 1.16 bits per heavy atom. The standard InChI is InChI=1S/C17H23Cl2N3O.C5H12N2.CH4/c1-3-4-13-12-11-15(20-14(12)5-6-17(13,18)19)16(23)22-9-7-21(2)8-10-22;1-7-4-2-6-3-5-7;/h3,11,13,20H,1,4-10H2,2H3;6H,2-5H2,1H3;1H4. The highest BCUT2D eigenvalue weighted by Crippen LogP contribution is 2.48. The monoisotopic (exact) mass is 471 g/mol. The van der Waals surface area contributed by atoms with Crippen molar-refractivity contribution in [3.63, 3.8) is 0 Å². The van der Waals surface area contributed by atoms with Crippen molar-refractivity contribution in [1.82, 2.24) is 25.0 Å². The van der Waals surface area contributed by atoms with E-state index in [1.54, 1.807) is 0 Å². The second kappa shape index (κ2) is 11.7. The van der Waals surface area contributed by atoms with Crippen LogP contribution < -0.4 is 5.32 Å². The van der Waals surface area contributed by atoms with Crippen molar-refractivity contribution in [2.45, 2.75) is 36.9 Å². The molecule has 0 bridgehead atoms. The van der Waals surface area contributed by atoms with E-state index >= 15 is 0 Å². The first kappa shape index (κ1) is 26.2. The van der Waals surface area contributed by atoms with E-state index in [-0.39, 0.29) is 19.3 Å². The second-order valence-corrected chi connectivity index (χ2v) is 10.1. The molecule has 0 radical (unpaired) electrons. The predicted molar refractivity (Wildman–Crippen MR) is 132 cm³/mol. The van der Waals surface area contributed by atoms with Gasteiger partial charge in [-0.1, -0.05) is 13.5 Å². The van der Waals surface area contributed by atoms with Crippen LogP contribution >= 0.6 is 23.2 Å². The predicted octanol–water partition coefficient (Wildman–Crippen LogP) is 3.34. The third-order valence-electron chi connectivity index (χ3n) is 6.29. The van der Waals surface area contributed by atoms with Crippen molar-refractivity contribution in [1.29, 1.82) is 0 Å². The number of fused-ring (bicyclic) bond motifs is 1. The molecule has 1 aromatic rings. The molecule has 2 saturated heterocycles. The SMILES string of the molecule is C.C=CCC1c2cc(C(=O)N3CCN(C)CC3)[nH]c2CCC1(Cl)Cl.CN1CCNCC1. The molecule has 1 aliphatic carbocycles. The number of aryl methyl sites for hydroxylation is 1. The summed E-state index contributed by atoms with van der Waals surface area (Å²) in [5.74, 6) is 0.0528. The van der Waals surface area contributed by atoms with Crippen LogP contribution in [0.4, 0.5) is 0 Å². The van der Waals surface area contributed by atoms with Crippen LogP contribution in [0.2, 0.25) is 0 Å². The number of rotatable bonds is 3. The molecule has 1 amide bonds. The number of nitrogens with zero attached hydrogens (tertiary/aromatic N) is 3. The van der Waals surface area contributed by atoms with Gasteiger partial charge in [0, 0.05) is 64.0 Å². The van der Waals surface area contributed by atoms with Crippen molar-refractivity contribution in [2.75, 3.05) is 66.5 Å². The summed E-state index contributed by atoms with van der Waals surface area (Å²) in [4.78, 5) is 22.5. The number of alkyl halides is 2. The van der Waals surface area contributed by atoms with Gasteiger partial charge in [0.05, 0.1) is 0 Å². The largest absolute Gasteiger partial charge is 0.354 e. The Kier molecular flexibility index (Phi) is 9.90. The summed E-state index contributed by atoms with van der Waals surface area (Å²) in [5, 5.41) is 3.27. The van der Waals surface area contributed by atoms with Gasteiger partial charge in [-0.3, -0.25) is 4.79 Å². The van der Waals surface area contributed by atoms with Crippen molar-refractivity contribution >= 4 is 29.1 Å². The molecule has 1 aromatic heterocycles. The highest BCUT2D eigenvalue weighted by atomic mass is 35.5. The maximum atomic E-state index is 12.7. The molecule has 31 heavy (non-hydrogen) atoms. The summed E-state index contributed by atoms with van der Waals surface area (Å²) < 4.78 is -0.794. The topological polar surface area (TPSA) is 54.6 Å². The van der Waals surface area contributed by atoms with Crippen LogP contribution in [0.3, 0.4) is 0 Å². The Labute approximate surface area is 197 Å². The Hall–Kier alpha value is -1.05. The molecule has 8 heteroatoms. The van der Waals surface area contributed by atoms with Crippen LogP contribution in [0, 0.1) is 0 Å². The van der Waals surface area contributed by atoms with E-state index in [1.807, 2.05) is 17.0 Å². The second-order valence-electron chi connectivity index (χ2n) is 8.60. The summed E-state index contributed by atoms with van der Waals surface area (Å²) >= 11 is 13.0. The number of aromatic amines is 1. The van der Waals surface area contributed by atoms with E-state index in [1.165, 1.54) is 13.1 Å². The molecule has 0 spiro atoms. The van der Waals surface area contributed by atoms with Crippen LogP contribution in [0.25, 0.3) is 0 Å². The molecule has 2 aliphatic heterocycles. The van der Waals surface area contributed by atoms with E-state index in [4.69, 9.17) is 23.2 Å². The average molecular weight is 473 g/mol. The molecule has 176 valence electrons. The molecule has 2 fully saturated rings. The maximum absolute atomic E-state index is 12.7. The van der Waals surface area contributed by atoms with E-state index < -0.39 is 4.33 Å². The van der Waals surface area contributed by atoms with Gasteiger partial charge in [-0.15, -0.1) is 29.8 Å². The Balaban J connectivity index is 0.000000364. The van der Waals surface area contributed by atoms with Gasteiger partial charge < -0.3 is 25.0 Å². The minimum Gasteiger partial charge on any atom is -0.354 e. The van der Waals surface area contributed by atoms with Gasteiger partial charge in [0.2, 0.25) is 0 Å². The highest BCUT2D eigenvalue weighted by molar-refractivity contribution is 6.49. The fraction of sp³-hybridized carbons (Fsp3) is 0.696. The van der Waals surface area contributed by atoms with Gasteiger partial charge in [0.25, 0.3) is 5.91 Å². The van der Waals surface area contributed by atoms with E-state index in [0.29, 0.717) is 18.5 Å². The number of carbonyl (C=O) groups excluding carboxylic acids is 1. The molecule has 1 atom stereocenters. The lowest BCUT2D eigenvalue weighted by molar-refractivity contribution is 0.0658. The molecule has 1 unspecified atom stereocenters. The lowest BCUT2D eigenvalue weighted by atomic mass is 9.83. The number of allylic oxidation sites excluding steroid dienone is 1. The number of H-pyrrole nitrogens is 1. The summed E-state index contributed by atoms with van der Waals surface area (Å²) in [5.41, 5.74) is 2.81. The summed E-state index contributed by atoms with van der Waals surface area (Å²) in [6.07, 6.45) is 4.00. The lowest BCUT2D eigenvalue weighted by Crippen LogP contribution is -2.47. The van der Waals surface area contributed by atoms with Crippen LogP contribution in [0.15, 0.2) is 18.7 Å². The number of hydrogen-bond donors (Lipinski definition) is 2. The summed E-state index contributed by atoms with van der Waals surface area (Å²) in [6, 6.07) is 1.95. The Morgan fingerprint density at radius 2 is 1.77 bits per heavy atom. The van der Waals surface area contributed by atoms with Crippen molar-refractivity contribution < 1.29 is 4.79 Å². The van der Waals surface area contributed by atoms with Crippen LogP contribution in [0.1, 0.15) is 47.9 Å². The smallest absolute Gasteiger partial charge is 0.270 e. The number of hydrogen-bond acceptors (Lipinski definition) is 4. The number of nitrogens with one attached hydrogen (secondary N) is 2. The number of carbonyl (C=O) groups is 1. The number of aromatic nitrogens is 1. The maximum Gasteiger partial charge on any atom is 0.270 e. The average Bonchev–Trinajstić information content (AvgIpc) is 3.16. The third kappa shape index (κ3) is 6.72. The van der Waals surface area contributed by atoms with E-state index in [2.05, 4.69) is 40.8 Å². The number of piperazine rings is 2. The van der Waals surface area contributed by atoms with Gasteiger partial charge in [-0.2, -0.15) is 0 Å². The van der Waals surface area contributed by atoms with Gasteiger partial charge in [0.15, 0.2) is 0 Å². The van der Waals surface area contributed by atoms with E-state index in [0.717, 1.165) is 56.9 Å². The van der Waals surface area contributed by atoms with Crippen molar-refractivity contribution in [2.24, 2.45) is 0 Å². The Morgan fingerprint density at radius 3 is 2.32 bits per heavy atom. The molecular weight excluding hydrogens is 433 g/mol. The van der Waals surface area contributed by atoms with Crippen LogP contribution in [-0.4, -0.2) is 96.4 Å². The normalized spacial score (nSPS) is 23.7. The first-order valence-electron chi connectivity index (χ1n) is 10.9. The van der Waals surface area contributed by atoms with Gasteiger partial charge in [-0.05, 0) is 45.0 Å². The molecule has 6 nitrogen and oxygen atoms in total. The molecule has 3 aliphatic rings. The fourth-order valence-electron chi connectivity index (χ4n) is 4.26. The van der Waals surface area contributed by atoms with E-state index in [9.17, 15) is 4.79 Å². The number of likely N-dealkylation sites (N-methyl/N-ethyl adjacent to an activating group) is 2. The Bertz CT molecular complexity index is 722. The van der Waals surface area contributed by atoms with Gasteiger partial charge in [0.1, 0.15) is 10.0 Å². The highest BCUT2D eigenvalue weighted by Gasteiger charge is 2.41. The number of amides is 1. The molecule has 0 saturated carbocycles. The third-order valence-corrected chi connectivity index (χ3v) is 7.20. The molecule has 3 heterocycles. The molecule has 0 aromatic carbocycles. The molecule has 4 rings (SSSR count). The minimum absolute atomic E-state index is 0. The first-order valence-corrected chi connectivity index (χ1v) is 11.6.